The number of amides is 2. The van der Waals surface area contributed by atoms with Crippen LogP contribution in [0.3, 0.4) is 0 Å². The molecule has 0 saturated carbocycles. The van der Waals surface area contributed by atoms with Gasteiger partial charge in [-0.25, -0.2) is 9.31 Å². The molecule has 182 valence electrons. The van der Waals surface area contributed by atoms with Crippen LogP contribution >= 0.6 is 23.2 Å². The van der Waals surface area contributed by atoms with E-state index in [1.54, 1.807) is 17.8 Å². The lowest BCUT2D eigenvalue weighted by atomic mass is 10.2. The first-order valence-electron chi connectivity index (χ1n) is 11.5. The Morgan fingerprint density at radius 3 is 2.65 bits per heavy atom. The van der Waals surface area contributed by atoms with Gasteiger partial charge in [0.25, 0.3) is 0 Å². The number of carbonyl (C=O) groups excluding carboxylic acids is 1. The number of hydrogen-bond donors (Lipinski definition) is 1. The van der Waals surface area contributed by atoms with Crippen molar-refractivity contribution in [3.63, 3.8) is 0 Å². The number of anilines is 2. The average molecular weight is 505 g/mol. The Morgan fingerprint density at radius 1 is 1.12 bits per heavy atom. The molecule has 1 fully saturated rings. The van der Waals surface area contributed by atoms with Crippen LogP contribution in [0, 0.1) is 0 Å². The minimum absolute atomic E-state index is 0.494. The number of primary amides is 1. The normalized spacial score (nSPS) is 14.5. The molecule has 4 rings (SSSR count). The number of fused-ring (bicyclic) bond motifs is 1. The van der Waals surface area contributed by atoms with Crippen molar-refractivity contribution >= 4 is 46.3 Å². The van der Waals surface area contributed by atoms with Crippen LogP contribution in [0.5, 0.6) is 5.75 Å². The van der Waals surface area contributed by atoms with Gasteiger partial charge >= 0.3 is 6.03 Å². The van der Waals surface area contributed by atoms with E-state index in [4.69, 9.17) is 33.7 Å². The Hall–Kier alpha value is -2.68. The van der Waals surface area contributed by atoms with E-state index < -0.39 is 6.03 Å². The highest BCUT2D eigenvalue weighted by atomic mass is 35.5. The topological polar surface area (TPSA) is 79.3 Å². The van der Waals surface area contributed by atoms with Crippen LogP contribution in [-0.4, -0.2) is 66.9 Å². The number of methoxy groups -OCH3 is 1. The average Bonchev–Trinajstić information content (AvgIpc) is 3.26. The fraction of sp³-hybridized carbons (Fsp3) is 0.417. The van der Waals surface area contributed by atoms with Crippen molar-refractivity contribution < 1.29 is 9.53 Å². The number of nitrogens with two attached hydrogens (primary N) is 1. The molecule has 8 nitrogen and oxygen atoms in total. The maximum atomic E-state index is 12.0. The van der Waals surface area contributed by atoms with Gasteiger partial charge in [-0.05, 0) is 37.6 Å². The summed E-state index contributed by atoms with van der Waals surface area (Å²) in [5.74, 6) is 1.29. The number of aromatic nitrogens is 2. The van der Waals surface area contributed by atoms with Gasteiger partial charge in [-0.15, -0.1) is 5.10 Å². The molecule has 1 aliphatic heterocycles. The number of urea groups is 1. The molecule has 0 unspecified atom stereocenters. The Bertz CT molecular complexity index is 1130. The first kappa shape index (κ1) is 24.4. The van der Waals surface area contributed by atoms with Gasteiger partial charge < -0.3 is 15.4 Å². The van der Waals surface area contributed by atoms with Crippen LogP contribution in [0.15, 0.2) is 42.6 Å². The van der Waals surface area contributed by atoms with Gasteiger partial charge in [0.1, 0.15) is 5.75 Å². The predicted molar refractivity (Wildman–Crippen MR) is 138 cm³/mol. The number of pyridine rings is 1. The van der Waals surface area contributed by atoms with E-state index >= 15 is 0 Å². The maximum absolute atomic E-state index is 12.0. The van der Waals surface area contributed by atoms with Gasteiger partial charge in [0.05, 0.1) is 28.4 Å². The predicted octanol–water partition coefficient (Wildman–Crippen LogP) is 4.53. The van der Waals surface area contributed by atoms with Crippen LogP contribution < -0.4 is 20.3 Å². The first-order chi connectivity index (χ1) is 16.5. The molecule has 0 bridgehead atoms. The molecule has 2 aromatic heterocycles. The van der Waals surface area contributed by atoms with Crippen molar-refractivity contribution in [1.82, 2.24) is 14.5 Å². The summed E-state index contributed by atoms with van der Waals surface area (Å²) in [6, 6.07) is 10.8. The third-order valence-electron chi connectivity index (χ3n) is 6.20. The highest BCUT2D eigenvalue weighted by Gasteiger charge is 2.20. The zero-order valence-corrected chi connectivity index (χ0v) is 20.8. The van der Waals surface area contributed by atoms with Gasteiger partial charge in [-0.3, -0.25) is 9.80 Å². The van der Waals surface area contributed by atoms with E-state index in [0.29, 0.717) is 22.4 Å². The number of hydrogen-bond acceptors (Lipinski definition) is 5. The fourth-order valence-electron chi connectivity index (χ4n) is 4.29. The van der Waals surface area contributed by atoms with E-state index in [1.807, 2.05) is 36.4 Å². The molecular weight excluding hydrogens is 475 g/mol. The smallest absolute Gasteiger partial charge is 0.320 e. The number of benzene rings is 1. The number of rotatable bonds is 9. The van der Waals surface area contributed by atoms with Crippen molar-refractivity contribution in [2.24, 2.45) is 5.73 Å². The Balaban J connectivity index is 1.22. The monoisotopic (exact) mass is 504 g/mol. The molecule has 2 N–H and O–H groups in total. The minimum Gasteiger partial charge on any atom is -0.497 e. The number of ether oxygens (including phenoxy) is 1. The molecule has 1 aliphatic rings. The number of halogens is 2. The van der Waals surface area contributed by atoms with Crippen molar-refractivity contribution in [3.05, 3.63) is 52.6 Å². The largest absolute Gasteiger partial charge is 0.497 e. The van der Waals surface area contributed by atoms with E-state index in [-0.39, 0.29) is 0 Å². The third kappa shape index (κ3) is 5.68. The second-order valence-corrected chi connectivity index (χ2v) is 9.18. The second kappa shape index (κ2) is 11.2. The Kier molecular flexibility index (Phi) is 8.03. The molecule has 2 amide bonds. The molecule has 34 heavy (non-hydrogen) atoms. The van der Waals surface area contributed by atoms with Crippen molar-refractivity contribution in [2.75, 3.05) is 56.2 Å². The first-order valence-corrected chi connectivity index (χ1v) is 12.2. The van der Waals surface area contributed by atoms with Crippen LogP contribution in [0.25, 0.3) is 5.52 Å². The summed E-state index contributed by atoms with van der Waals surface area (Å²) in [5, 5.41) is 5.70. The number of unbranched alkanes of at least 4 members (excludes halogenated alkanes) is 2. The minimum atomic E-state index is -0.494. The zero-order valence-electron chi connectivity index (χ0n) is 19.3. The third-order valence-corrected chi connectivity index (χ3v) is 7.01. The Morgan fingerprint density at radius 2 is 1.91 bits per heavy atom. The molecular formula is C24H30Cl2N6O2. The molecule has 3 heterocycles. The number of carbonyl (C=O) groups is 1. The maximum Gasteiger partial charge on any atom is 0.320 e. The summed E-state index contributed by atoms with van der Waals surface area (Å²) < 4.78 is 6.97. The van der Waals surface area contributed by atoms with Gasteiger partial charge in [0.15, 0.2) is 5.82 Å². The summed E-state index contributed by atoms with van der Waals surface area (Å²) in [6.45, 7) is 5.39. The Labute approximate surface area is 209 Å². The van der Waals surface area contributed by atoms with Crippen molar-refractivity contribution in [3.8, 4) is 5.75 Å². The molecule has 0 radical (unpaired) electrons. The molecule has 1 aromatic carbocycles. The fourth-order valence-corrected chi connectivity index (χ4v) is 4.70. The molecule has 1 saturated heterocycles. The van der Waals surface area contributed by atoms with Gasteiger partial charge in [-0.2, -0.15) is 0 Å². The summed E-state index contributed by atoms with van der Waals surface area (Å²) in [7, 11) is 1.62. The summed E-state index contributed by atoms with van der Waals surface area (Å²) >= 11 is 12.5. The lowest BCUT2D eigenvalue weighted by molar-refractivity contribution is 0.250. The van der Waals surface area contributed by atoms with Crippen LogP contribution in [0.2, 0.25) is 10.0 Å². The van der Waals surface area contributed by atoms with Crippen molar-refractivity contribution in [2.45, 2.75) is 19.3 Å². The number of nitrogens with zero attached hydrogens (tertiary/aromatic N) is 5. The SMILES string of the molecule is COc1ccn2nc(N(CCCCCN3CCN(c4cccc(Cl)c4Cl)CC3)C(N)=O)cc2c1. The standard InChI is InChI=1S/C24H30Cl2N6O2/c1-34-19-8-11-32-18(16-19)17-22(28-32)31(24(27)33)10-4-2-3-9-29-12-14-30(15-13-29)21-7-5-6-20(25)23(21)26/h5-8,11,16-17H,2-4,9-10,12-15H2,1H3,(H2,27,33). The van der Waals surface area contributed by atoms with Gasteiger partial charge in [-0.1, -0.05) is 35.7 Å². The molecule has 0 spiro atoms. The van der Waals surface area contributed by atoms with Crippen LogP contribution in [0.1, 0.15) is 19.3 Å². The molecule has 10 heteroatoms. The van der Waals surface area contributed by atoms with E-state index in [9.17, 15) is 4.79 Å². The molecule has 0 aliphatic carbocycles. The number of piperazine rings is 1. The lowest BCUT2D eigenvalue weighted by Crippen LogP contribution is -2.46. The van der Waals surface area contributed by atoms with Gasteiger partial charge in [0, 0.05) is 51.1 Å². The molecule has 0 atom stereocenters. The molecule has 3 aromatic rings. The summed E-state index contributed by atoms with van der Waals surface area (Å²) in [5.41, 5.74) is 7.49. The van der Waals surface area contributed by atoms with Crippen LogP contribution in [-0.2, 0) is 0 Å². The van der Waals surface area contributed by atoms with E-state index in [0.717, 1.165) is 68.9 Å². The zero-order chi connectivity index (χ0) is 24.1. The lowest BCUT2D eigenvalue weighted by Gasteiger charge is -2.36. The highest BCUT2D eigenvalue weighted by molar-refractivity contribution is 6.43. The summed E-state index contributed by atoms with van der Waals surface area (Å²) in [4.78, 5) is 18.3. The van der Waals surface area contributed by atoms with E-state index in [2.05, 4.69) is 14.9 Å². The van der Waals surface area contributed by atoms with E-state index in [1.165, 1.54) is 4.90 Å². The summed E-state index contributed by atoms with van der Waals surface area (Å²) in [6.07, 6.45) is 4.73. The quantitative estimate of drug-likeness (QED) is 0.433. The van der Waals surface area contributed by atoms with Gasteiger partial charge in [0.2, 0.25) is 0 Å². The van der Waals surface area contributed by atoms with Crippen LogP contribution in [0.4, 0.5) is 16.3 Å². The van der Waals surface area contributed by atoms with Crippen molar-refractivity contribution in [1.29, 1.82) is 0 Å². The highest BCUT2D eigenvalue weighted by Crippen LogP contribution is 2.32. The second-order valence-electron chi connectivity index (χ2n) is 8.39.